The van der Waals surface area contributed by atoms with Crippen molar-refractivity contribution in [2.45, 2.75) is 13.2 Å². The smallest absolute Gasteiger partial charge is 0.165 e. The summed E-state index contributed by atoms with van der Waals surface area (Å²) in [6, 6.07) is 21.9. The Balaban J connectivity index is 1.67. The van der Waals surface area contributed by atoms with E-state index in [4.69, 9.17) is 9.47 Å². The van der Waals surface area contributed by atoms with Crippen LogP contribution in [0.5, 0.6) is 23.0 Å². The highest BCUT2D eigenvalue weighted by molar-refractivity contribution is 5.53. The van der Waals surface area contributed by atoms with Crippen LogP contribution in [0.2, 0.25) is 0 Å². The molecule has 122 valence electrons. The first kappa shape index (κ1) is 15.7. The summed E-state index contributed by atoms with van der Waals surface area (Å²) < 4.78 is 11.1. The van der Waals surface area contributed by atoms with E-state index in [2.05, 4.69) is 0 Å². The van der Waals surface area contributed by atoms with Gasteiger partial charge in [0.1, 0.15) is 13.2 Å². The molecule has 0 radical (unpaired) electrons. The van der Waals surface area contributed by atoms with Crippen molar-refractivity contribution in [3.8, 4) is 23.0 Å². The highest BCUT2D eigenvalue weighted by Crippen LogP contribution is 2.38. The van der Waals surface area contributed by atoms with Gasteiger partial charge < -0.3 is 19.7 Å². The third kappa shape index (κ3) is 3.98. The first-order chi connectivity index (χ1) is 11.7. The number of hydrogen-bond acceptors (Lipinski definition) is 4. The molecule has 2 N–H and O–H groups in total. The molecule has 3 aromatic carbocycles. The predicted molar refractivity (Wildman–Crippen MR) is 91.3 cm³/mol. The molecule has 0 aliphatic carbocycles. The number of ether oxygens (including phenoxy) is 2. The largest absolute Gasteiger partial charge is 0.504 e. The van der Waals surface area contributed by atoms with Gasteiger partial charge in [0.2, 0.25) is 0 Å². The van der Waals surface area contributed by atoms with E-state index in [9.17, 15) is 10.2 Å². The molecule has 3 rings (SSSR count). The fourth-order valence-electron chi connectivity index (χ4n) is 2.24. The normalized spacial score (nSPS) is 10.3. The monoisotopic (exact) mass is 322 g/mol. The van der Waals surface area contributed by atoms with Gasteiger partial charge >= 0.3 is 0 Å². The number of phenols is 2. The zero-order valence-electron chi connectivity index (χ0n) is 13.1. The quantitative estimate of drug-likeness (QED) is 0.666. The Morgan fingerprint density at radius 2 is 0.958 bits per heavy atom. The molecule has 4 nitrogen and oxygen atoms in total. The molecule has 0 aliphatic heterocycles. The summed E-state index contributed by atoms with van der Waals surface area (Å²) in [6.45, 7) is 0.607. The summed E-state index contributed by atoms with van der Waals surface area (Å²) in [5.41, 5.74) is 1.95. The van der Waals surface area contributed by atoms with Crippen LogP contribution in [0.15, 0.2) is 72.8 Å². The zero-order valence-corrected chi connectivity index (χ0v) is 13.1. The maximum atomic E-state index is 10.1. The van der Waals surface area contributed by atoms with Gasteiger partial charge in [0, 0.05) is 12.1 Å². The van der Waals surface area contributed by atoms with Crippen molar-refractivity contribution in [3.05, 3.63) is 83.9 Å². The molecular weight excluding hydrogens is 304 g/mol. The summed E-state index contributed by atoms with van der Waals surface area (Å²) in [5.74, 6) is 0.269. The Hall–Kier alpha value is -3.14. The minimum Gasteiger partial charge on any atom is -0.504 e. The molecule has 0 fully saturated rings. The summed E-state index contributed by atoms with van der Waals surface area (Å²) in [4.78, 5) is 0. The van der Waals surface area contributed by atoms with Crippen molar-refractivity contribution in [1.29, 1.82) is 0 Å². The van der Waals surface area contributed by atoms with Gasteiger partial charge in [-0.2, -0.15) is 0 Å². The number of phenolic OH excluding ortho intramolecular Hbond substituents is 2. The Labute approximate surface area is 140 Å². The summed E-state index contributed by atoms with van der Waals surface area (Å²) in [5, 5.41) is 20.1. The van der Waals surface area contributed by atoms with Crippen molar-refractivity contribution in [2.24, 2.45) is 0 Å². The molecular formula is C20H18O4. The minimum absolute atomic E-state index is 0.0770. The van der Waals surface area contributed by atoms with Gasteiger partial charge in [0.05, 0.1) is 0 Å². The molecule has 0 atom stereocenters. The molecule has 0 unspecified atom stereocenters. The van der Waals surface area contributed by atoms with Crippen molar-refractivity contribution >= 4 is 0 Å². The molecule has 0 bridgehead atoms. The molecule has 0 saturated heterocycles. The fourth-order valence-corrected chi connectivity index (χ4v) is 2.24. The third-order valence-electron chi connectivity index (χ3n) is 3.51. The van der Waals surface area contributed by atoms with E-state index in [0.717, 1.165) is 11.1 Å². The second kappa shape index (κ2) is 7.42. The van der Waals surface area contributed by atoms with Gasteiger partial charge in [-0.3, -0.25) is 0 Å². The average molecular weight is 322 g/mol. The van der Waals surface area contributed by atoms with Crippen molar-refractivity contribution < 1.29 is 19.7 Å². The first-order valence-corrected chi connectivity index (χ1v) is 7.62. The van der Waals surface area contributed by atoms with E-state index >= 15 is 0 Å². The number of hydrogen-bond donors (Lipinski definition) is 2. The minimum atomic E-state index is -0.0770. The highest BCUT2D eigenvalue weighted by atomic mass is 16.5. The lowest BCUT2D eigenvalue weighted by Crippen LogP contribution is -1.98. The summed E-state index contributed by atoms with van der Waals surface area (Å²) in [6.07, 6.45) is 0. The van der Waals surface area contributed by atoms with Gasteiger partial charge in [-0.1, -0.05) is 60.7 Å². The van der Waals surface area contributed by atoms with Crippen LogP contribution in [0.1, 0.15) is 11.1 Å². The summed E-state index contributed by atoms with van der Waals surface area (Å²) >= 11 is 0. The van der Waals surface area contributed by atoms with Crippen LogP contribution >= 0.6 is 0 Å². The van der Waals surface area contributed by atoms with Crippen LogP contribution < -0.4 is 9.47 Å². The first-order valence-electron chi connectivity index (χ1n) is 7.62. The van der Waals surface area contributed by atoms with Crippen LogP contribution in [0.4, 0.5) is 0 Å². The lowest BCUT2D eigenvalue weighted by Gasteiger charge is -2.12. The van der Waals surface area contributed by atoms with Crippen LogP contribution in [0.25, 0.3) is 0 Å². The molecule has 0 aliphatic rings. The topological polar surface area (TPSA) is 58.9 Å². The Morgan fingerprint density at radius 3 is 1.33 bits per heavy atom. The molecule has 0 aromatic heterocycles. The average Bonchev–Trinajstić information content (AvgIpc) is 2.62. The lowest BCUT2D eigenvalue weighted by atomic mass is 10.2. The molecule has 0 heterocycles. The molecule has 24 heavy (non-hydrogen) atoms. The summed E-state index contributed by atoms with van der Waals surface area (Å²) in [7, 11) is 0. The van der Waals surface area contributed by atoms with E-state index in [-0.39, 0.29) is 23.0 Å². The molecule has 0 amide bonds. The zero-order chi connectivity index (χ0) is 16.8. The van der Waals surface area contributed by atoms with Gasteiger partial charge in [-0.25, -0.2) is 0 Å². The highest BCUT2D eigenvalue weighted by Gasteiger charge is 2.11. The predicted octanol–water partition coefficient (Wildman–Crippen LogP) is 4.26. The van der Waals surface area contributed by atoms with Crippen LogP contribution in [-0.4, -0.2) is 10.2 Å². The van der Waals surface area contributed by atoms with Crippen molar-refractivity contribution in [2.75, 3.05) is 0 Å². The third-order valence-corrected chi connectivity index (χ3v) is 3.51. The van der Waals surface area contributed by atoms with Crippen LogP contribution in [-0.2, 0) is 13.2 Å². The van der Waals surface area contributed by atoms with E-state index in [0.29, 0.717) is 13.2 Å². The van der Waals surface area contributed by atoms with E-state index in [1.165, 1.54) is 12.1 Å². The number of aromatic hydroxyl groups is 2. The van der Waals surface area contributed by atoms with E-state index < -0.39 is 0 Å². The SMILES string of the molecule is Oc1cc(OCc2ccccc2)c(O)cc1OCc1ccccc1. The van der Waals surface area contributed by atoms with E-state index in [1.807, 2.05) is 60.7 Å². The van der Waals surface area contributed by atoms with Crippen LogP contribution in [0, 0.1) is 0 Å². The standard InChI is InChI=1S/C20H18O4/c21-17-12-20(24-14-16-9-5-2-6-10-16)18(22)11-19(17)23-13-15-7-3-1-4-8-15/h1-12,21-22H,13-14H2. The molecule has 3 aromatic rings. The fraction of sp³-hybridized carbons (Fsp3) is 0.100. The second-order valence-electron chi connectivity index (χ2n) is 5.34. The number of rotatable bonds is 6. The molecule has 0 saturated carbocycles. The Bertz CT molecular complexity index is 716. The van der Waals surface area contributed by atoms with Crippen molar-refractivity contribution in [1.82, 2.24) is 0 Å². The Kier molecular flexibility index (Phi) is 4.87. The van der Waals surface area contributed by atoms with Crippen LogP contribution in [0.3, 0.4) is 0 Å². The number of benzene rings is 3. The van der Waals surface area contributed by atoms with E-state index in [1.54, 1.807) is 0 Å². The van der Waals surface area contributed by atoms with Crippen molar-refractivity contribution in [3.63, 3.8) is 0 Å². The molecule has 4 heteroatoms. The lowest BCUT2D eigenvalue weighted by molar-refractivity contribution is 0.271. The van der Waals surface area contributed by atoms with Gasteiger partial charge in [-0.15, -0.1) is 0 Å². The Morgan fingerprint density at radius 1 is 0.583 bits per heavy atom. The van der Waals surface area contributed by atoms with Gasteiger partial charge in [-0.05, 0) is 11.1 Å². The maximum absolute atomic E-state index is 10.1. The second-order valence-corrected chi connectivity index (χ2v) is 5.34. The maximum Gasteiger partial charge on any atom is 0.165 e. The molecule has 0 spiro atoms. The van der Waals surface area contributed by atoms with Gasteiger partial charge in [0.15, 0.2) is 23.0 Å². The van der Waals surface area contributed by atoms with Gasteiger partial charge in [0.25, 0.3) is 0 Å².